The van der Waals surface area contributed by atoms with Crippen molar-refractivity contribution in [3.05, 3.63) is 69.9 Å². The molecule has 3 heteroatoms. The molecule has 2 aromatic rings. The Morgan fingerprint density at radius 1 is 1.11 bits per heavy atom. The van der Waals surface area contributed by atoms with Gasteiger partial charge in [-0.3, -0.25) is 4.79 Å². The molecule has 0 saturated carbocycles. The molecule has 2 rings (SSSR count). The normalized spacial score (nSPS) is 10.3. The van der Waals surface area contributed by atoms with Gasteiger partial charge in [0, 0.05) is 16.5 Å². The first-order valence-electron chi connectivity index (χ1n) is 5.69. The SMILES string of the molecule is O=C(CCc1ccccc1)c1ccc(F)cc1Br. The highest BCUT2D eigenvalue weighted by Crippen LogP contribution is 2.20. The van der Waals surface area contributed by atoms with Gasteiger partial charge >= 0.3 is 0 Å². The summed E-state index contributed by atoms with van der Waals surface area (Å²) in [6.45, 7) is 0. The lowest BCUT2D eigenvalue weighted by Crippen LogP contribution is -2.02. The van der Waals surface area contributed by atoms with Gasteiger partial charge in [-0.15, -0.1) is 0 Å². The van der Waals surface area contributed by atoms with Crippen LogP contribution in [-0.2, 0) is 6.42 Å². The minimum Gasteiger partial charge on any atom is -0.294 e. The third-order valence-corrected chi connectivity index (χ3v) is 3.37. The summed E-state index contributed by atoms with van der Waals surface area (Å²) in [7, 11) is 0. The quantitative estimate of drug-likeness (QED) is 0.765. The number of aryl methyl sites for hydroxylation is 1. The molecule has 92 valence electrons. The summed E-state index contributed by atoms with van der Waals surface area (Å²) in [5.41, 5.74) is 1.66. The lowest BCUT2D eigenvalue weighted by Gasteiger charge is -2.04. The van der Waals surface area contributed by atoms with Gasteiger partial charge in [-0.1, -0.05) is 30.3 Å². The largest absolute Gasteiger partial charge is 0.294 e. The summed E-state index contributed by atoms with van der Waals surface area (Å²) in [6.07, 6.45) is 1.12. The van der Waals surface area contributed by atoms with E-state index in [9.17, 15) is 9.18 Å². The molecule has 0 aliphatic heterocycles. The van der Waals surface area contributed by atoms with Crippen LogP contribution in [-0.4, -0.2) is 5.78 Å². The summed E-state index contributed by atoms with van der Waals surface area (Å²) in [4.78, 5) is 12.0. The van der Waals surface area contributed by atoms with Crippen molar-refractivity contribution in [2.45, 2.75) is 12.8 Å². The second-order valence-corrected chi connectivity index (χ2v) is 4.89. The zero-order valence-electron chi connectivity index (χ0n) is 9.70. The van der Waals surface area contributed by atoms with E-state index in [4.69, 9.17) is 0 Å². The van der Waals surface area contributed by atoms with E-state index in [0.29, 0.717) is 22.9 Å². The summed E-state index contributed by atoms with van der Waals surface area (Å²) in [5, 5.41) is 0. The molecular weight excluding hydrogens is 295 g/mol. The third-order valence-electron chi connectivity index (χ3n) is 2.72. The number of hydrogen-bond donors (Lipinski definition) is 0. The van der Waals surface area contributed by atoms with Gasteiger partial charge in [0.05, 0.1) is 0 Å². The van der Waals surface area contributed by atoms with Crippen LogP contribution >= 0.6 is 15.9 Å². The van der Waals surface area contributed by atoms with E-state index in [0.717, 1.165) is 5.56 Å². The van der Waals surface area contributed by atoms with E-state index in [1.165, 1.54) is 18.2 Å². The molecule has 0 aliphatic rings. The average molecular weight is 307 g/mol. The fourth-order valence-corrected chi connectivity index (χ4v) is 2.32. The Morgan fingerprint density at radius 2 is 1.83 bits per heavy atom. The van der Waals surface area contributed by atoms with E-state index in [1.807, 2.05) is 30.3 Å². The Kier molecular flexibility index (Phi) is 4.26. The topological polar surface area (TPSA) is 17.1 Å². The van der Waals surface area contributed by atoms with Crippen molar-refractivity contribution in [1.29, 1.82) is 0 Å². The first kappa shape index (κ1) is 13.0. The highest BCUT2D eigenvalue weighted by Gasteiger charge is 2.10. The average Bonchev–Trinajstić information content (AvgIpc) is 2.37. The number of benzene rings is 2. The Bertz CT molecular complexity index is 552. The molecule has 2 aromatic carbocycles. The van der Waals surface area contributed by atoms with Crippen molar-refractivity contribution in [1.82, 2.24) is 0 Å². The number of carbonyl (C=O) groups is 1. The molecule has 0 atom stereocenters. The number of halogens is 2. The van der Waals surface area contributed by atoms with E-state index in [-0.39, 0.29) is 11.6 Å². The molecule has 0 aromatic heterocycles. The Morgan fingerprint density at radius 3 is 2.50 bits per heavy atom. The maximum Gasteiger partial charge on any atom is 0.164 e. The molecule has 0 spiro atoms. The Balaban J connectivity index is 2.04. The standard InChI is InChI=1S/C15H12BrFO/c16-14-10-12(17)7-8-13(14)15(18)9-6-11-4-2-1-3-5-11/h1-5,7-8,10H,6,9H2. The zero-order chi connectivity index (χ0) is 13.0. The van der Waals surface area contributed by atoms with E-state index in [1.54, 1.807) is 0 Å². The van der Waals surface area contributed by atoms with Crippen LogP contribution in [0.5, 0.6) is 0 Å². The number of hydrogen-bond acceptors (Lipinski definition) is 1. The Hall–Kier alpha value is -1.48. The van der Waals surface area contributed by atoms with Crippen LogP contribution < -0.4 is 0 Å². The van der Waals surface area contributed by atoms with Gasteiger partial charge < -0.3 is 0 Å². The molecular formula is C15H12BrFO. The van der Waals surface area contributed by atoms with Crippen LogP contribution in [0.2, 0.25) is 0 Å². The number of Topliss-reactive ketones (excluding diaryl/α,β-unsaturated/α-hetero) is 1. The summed E-state index contributed by atoms with van der Waals surface area (Å²) >= 11 is 3.21. The van der Waals surface area contributed by atoms with Crippen molar-refractivity contribution in [2.75, 3.05) is 0 Å². The number of ketones is 1. The minimum absolute atomic E-state index is 0.0192. The monoisotopic (exact) mass is 306 g/mol. The first-order chi connectivity index (χ1) is 8.66. The molecule has 0 heterocycles. The highest BCUT2D eigenvalue weighted by molar-refractivity contribution is 9.10. The van der Waals surface area contributed by atoms with Gasteiger partial charge in [0.1, 0.15) is 5.82 Å². The summed E-state index contributed by atoms with van der Waals surface area (Å²) < 4.78 is 13.4. The summed E-state index contributed by atoms with van der Waals surface area (Å²) in [6, 6.07) is 14.0. The molecule has 0 unspecified atom stereocenters. The molecule has 1 nitrogen and oxygen atoms in total. The fourth-order valence-electron chi connectivity index (χ4n) is 1.75. The van der Waals surface area contributed by atoms with Crippen molar-refractivity contribution in [2.24, 2.45) is 0 Å². The van der Waals surface area contributed by atoms with Crippen molar-refractivity contribution >= 4 is 21.7 Å². The third kappa shape index (κ3) is 3.26. The van der Waals surface area contributed by atoms with Crippen LogP contribution in [0.3, 0.4) is 0 Å². The molecule has 0 aliphatic carbocycles. The van der Waals surface area contributed by atoms with Crippen molar-refractivity contribution < 1.29 is 9.18 Å². The Labute approximate surface area is 114 Å². The highest BCUT2D eigenvalue weighted by atomic mass is 79.9. The van der Waals surface area contributed by atoms with E-state index >= 15 is 0 Å². The fraction of sp³-hybridized carbons (Fsp3) is 0.133. The van der Waals surface area contributed by atoms with Gasteiger partial charge in [-0.25, -0.2) is 4.39 Å². The maximum atomic E-state index is 12.9. The van der Waals surface area contributed by atoms with Crippen LogP contribution in [0, 0.1) is 5.82 Å². The maximum absolute atomic E-state index is 12.9. The predicted octanol–water partition coefficient (Wildman–Crippen LogP) is 4.40. The van der Waals surface area contributed by atoms with Crippen LogP contribution in [0.15, 0.2) is 53.0 Å². The molecule has 0 bridgehead atoms. The van der Waals surface area contributed by atoms with Crippen LogP contribution in [0.4, 0.5) is 4.39 Å². The van der Waals surface area contributed by atoms with Crippen molar-refractivity contribution in [3.8, 4) is 0 Å². The lowest BCUT2D eigenvalue weighted by atomic mass is 10.0. The number of carbonyl (C=O) groups excluding carboxylic acids is 1. The van der Waals surface area contributed by atoms with Crippen molar-refractivity contribution in [3.63, 3.8) is 0 Å². The molecule has 0 amide bonds. The van der Waals surface area contributed by atoms with Gasteiger partial charge in [0.25, 0.3) is 0 Å². The molecule has 0 N–H and O–H groups in total. The minimum atomic E-state index is -0.346. The molecule has 0 radical (unpaired) electrons. The summed E-state index contributed by atoms with van der Waals surface area (Å²) in [5.74, 6) is -0.327. The number of rotatable bonds is 4. The second-order valence-electron chi connectivity index (χ2n) is 4.03. The molecule has 0 fully saturated rings. The first-order valence-corrected chi connectivity index (χ1v) is 6.48. The van der Waals surface area contributed by atoms with Crippen LogP contribution in [0.1, 0.15) is 22.3 Å². The van der Waals surface area contributed by atoms with Gasteiger partial charge in [-0.05, 0) is 46.1 Å². The molecule has 18 heavy (non-hydrogen) atoms. The van der Waals surface area contributed by atoms with Gasteiger partial charge in [0.2, 0.25) is 0 Å². The van der Waals surface area contributed by atoms with Crippen LogP contribution in [0.25, 0.3) is 0 Å². The second kappa shape index (κ2) is 5.91. The van der Waals surface area contributed by atoms with E-state index < -0.39 is 0 Å². The molecule has 0 saturated heterocycles. The lowest BCUT2D eigenvalue weighted by molar-refractivity contribution is 0.0982. The zero-order valence-corrected chi connectivity index (χ0v) is 11.3. The van der Waals surface area contributed by atoms with Gasteiger partial charge in [-0.2, -0.15) is 0 Å². The van der Waals surface area contributed by atoms with Gasteiger partial charge in [0.15, 0.2) is 5.78 Å². The smallest absolute Gasteiger partial charge is 0.164 e. The predicted molar refractivity (Wildman–Crippen MR) is 73.2 cm³/mol. The van der Waals surface area contributed by atoms with E-state index in [2.05, 4.69) is 15.9 Å².